The fraction of sp³-hybridized carbons (Fsp3) is 0.556. The number of aromatic nitrogens is 1. The Bertz CT molecular complexity index is 678. The summed E-state index contributed by atoms with van der Waals surface area (Å²) in [5, 5.41) is 0. The molecule has 2 unspecified atom stereocenters. The standard InChI is InChI=1S/C18H23N3O2/c1-13(22)21-11-5-8-16(21)15-7-4-10-20(15)12-18-19-14-6-2-3-9-17(14)23-18/h2-3,6,9,15-16H,4-5,7-8,10-12H2,1H3. The molecule has 5 nitrogen and oxygen atoms in total. The van der Waals surface area contributed by atoms with E-state index >= 15 is 0 Å². The van der Waals surface area contributed by atoms with Crippen molar-refractivity contribution in [1.82, 2.24) is 14.8 Å². The van der Waals surface area contributed by atoms with Crippen LogP contribution in [0.2, 0.25) is 0 Å². The van der Waals surface area contributed by atoms with Crippen molar-refractivity contribution >= 4 is 17.0 Å². The molecular weight excluding hydrogens is 290 g/mol. The summed E-state index contributed by atoms with van der Waals surface area (Å²) in [4.78, 5) is 21.0. The van der Waals surface area contributed by atoms with E-state index in [2.05, 4.69) is 14.8 Å². The van der Waals surface area contributed by atoms with Crippen LogP contribution >= 0.6 is 0 Å². The highest BCUT2D eigenvalue weighted by molar-refractivity contribution is 5.74. The molecule has 0 bridgehead atoms. The number of benzene rings is 1. The molecule has 1 aromatic heterocycles. The fourth-order valence-electron chi connectivity index (χ4n) is 4.23. The van der Waals surface area contributed by atoms with Crippen molar-refractivity contribution in [3.8, 4) is 0 Å². The first-order valence-corrected chi connectivity index (χ1v) is 8.58. The molecule has 3 heterocycles. The minimum Gasteiger partial charge on any atom is -0.439 e. The fourth-order valence-corrected chi connectivity index (χ4v) is 4.23. The first-order valence-electron chi connectivity index (χ1n) is 8.58. The average molecular weight is 313 g/mol. The number of hydrogen-bond acceptors (Lipinski definition) is 4. The average Bonchev–Trinajstić information content (AvgIpc) is 3.25. The quantitative estimate of drug-likeness (QED) is 0.874. The number of likely N-dealkylation sites (tertiary alicyclic amines) is 2. The van der Waals surface area contributed by atoms with Gasteiger partial charge >= 0.3 is 0 Å². The SMILES string of the molecule is CC(=O)N1CCCC1C1CCCN1Cc1nc2ccccc2o1. The van der Waals surface area contributed by atoms with Crippen molar-refractivity contribution in [1.29, 1.82) is 0 Å². The number of nitrogens with zero attached hydrogens (tertiary/aromatic N) is 3. The largest absolute Gasteiger partial charge is 0.439 e. The van der Waals surface area contributed by atoms with Gasteiger partial charge in [-0.3, -0.25) is 9.69 Å². The molecule has 0 N–H and O–H groups in total. The van der Waals surface area contributed by atoms with E-state index in [1.807, 2.05) is 24.3 Å². The molecule has 2 fully saturated rings. The Balaban J connectivity index is 1.52. The van der Waals surface area contributed by atoms with Crippen LogP contribution in [0.3, 0.4) is 0 Å². The lowest BCUT2D eigenvalue weighted by molar-refractivity contribution is -0.130. The Hall–Kier alpha value is -1.88. The molecule has 0 radical (unpaired) electrons. The molecule has 1 amide bonds. The molecule has 2 saturated heterocycles. The van der Waals surface area contributed by atoms with Crippen LogP contribution in [0.15, 0.2) is 28.7 Å². The number of fused-ring (bicyclic) bond motifs is 1. The Morgan fingerprint density at radius 2 is 2.00 bits per heavy atom. The van der Waals surface area contributed by atoms with Gasteiger partial charge in [-0.25, -0.2) is 4.98 Å². The van der Waals surface area contributed by atoms with Crippen LogP contribution in [0.1, 0.15) is 38.5 Å². The molecule has 0 spiro atoms. The van der Waals surface area contributed by atoms with Crippen molar-refractivity contribution in [3.05, 3.63) is 30.2 Å². The van der Waals surface area contributed by atoms with Crippen LogP contribution in [-0.2, 0) is 11.3 Å². The first kappa shape index (κ1) is 14.7. The lowest BCUT2D eigenvalue weighted by atomic mass is 10.0. The van der Waals surface area contributed by atoms with Gasteiger partial charge in [0.2, 0.25) is 11.8 Å². The van der Waals surface area contributed by atoms with Gasteiger partial charge in [0, 0.05) is 25.6 Å². The topological polar surface area (TPSA) is 49.6 Å². The Morgan fingerprint density at radius 1 is 1.22 bits per heavy atom. The van der Waals surface area contributed by atoms with E-state index in [0.717, 1.165) is 55.9 Å². The van der Waals surface area contributed by atoms with Crippen molar-refractivity contribution in [2.45, 2.75) is 51.2 Å². The van der Waals surface area contributed by atoms with Gasteiger partial charge in [0.15, 0.2) is 5.58 Å². The number of para-hydroxylation sites is 2. The molecular formula is C18H23N3O2. The second kappa shape index (κ2) is 5.96. The maximum Gasteiger partial charge on any atom is 0.219 e. The van der Waals surface area contributed by atoms with Gasteiger partial charge in [-0.1, -0.05) is 12.1 Å². The highest BCUT2D eigenvalue weighted by Crippen LogP contribution is 2.31. The molecule has 2 aromatic rings. The molecule has 2 aliphatic rings. The summed E-state index contributed by atoms with van der Waals surface area (Å²) in [6.45, 7) is 4.40. The molecule has 0 aliphatic carbocycles. The van der Waals surface area contributed by atoms with E-state index < -0.39 is 0 Å². The number of hydrogen-bond donors (Lipinski definition) is 0. The Kier molecular flexibility index (Phi) is 3.81. The molecule has 122 valence electrons. The summed E-state index contributed by atoms with van der Waals surface area (Å²) < 4.78 is 5.88. The molecule has 0 saturated carbocycles. The zero-order chi connectivity index (χ0) is 15.8. The van der Waals surface area contributed by atoms with Gasteiger partial charge < -0.3 is 9.32 Å². The molecule has 5 heteroatoms. The summed E-state index contributed by atoms with van der Waals surface area (Å²) in [5.41, 5.74) is 1.77. The van der Waals surface area contributed by atoms with Gasteiger partial charge in [-0.05, 0) is 44.4 Å². The van der Waals surface area contributed by atoms with Crippen LogP contribution in [0, 0.1) is 0 Å². The zero-order valence-electron chi connectivity index (χ0n) is 13.6. The summed E-state index contributed by atoms with van der Waals surface area (Å²) in [5.74, 6) is 0.992. The zero-order valence-corrected chi connectivity index (χ0v) is 13.6. The number of carbonyl (C=O) groups is 1. The van der Waals surface area contributed by atoms with Gasteiger partial charge in [0.05, 0.1) is 6.54 Å². The van der Waals surface area contributed by atoms with E-state index in [-0.39, 0.29) is 5.91 Å². The second-order valence-electron chi connectivity index (χ2n) is 6.68. The van der Waals surface area contributed by atoms with Gasteiger partial charge in [-0.2, -0.15) is 0 Å². The van der Waals surface area contributed by atoms with E-state index in [9.17, 15) is 4.79 Å². The van der Waals surface area contributed by atoms with Crippen molar-refractivity contribution in [2.75, 3.05) is 13.1 Å². The normalized spacial score (nSPS) is 25.5. The highest BCUT2D eigenvalue weighted by Gasteiger charge is 2.39. The van der Waals surface area contributed by atoms with Crippen molar-refractivity contribution < 1.29 is 9.21 Å². The van der Waals surface area contributed by atoms with Crippen molar-refractivity contribution in [2.24, 2.45) is 0 Å². The number of oxazole rings is 1. The minimum atomic E-state index is 0.209. The van der Waals surface area contributed by atoms with Gasteiger partial charge in [0.25, 0.3) is 0 Å². The number of amides is 1. The predicted octanol–water partition coefficient (Wildman–Crippen LogP) is 2.80. The van der Waals surface area contributed by atoms with Crippen LogP contribution in [0.5, 0.6) is 0 Å². The molecule has 2 aliphatic heterocycles. The van der Waals surface area contributed by atoms with Crippen LogP contribution in [-0.4, -0.2) is 45.9 Å². The molecule has 4 rings (SSSR count). The third-order valence-electron chi connectivity index (χ3n) is 5.24. The number of carbonyl (C=O) groups excluding carboxylic acids is 1. The van der Waals surface area contributed by atoms with E-state index in [1.54, 1.807) is 6.92 Å². The number of rotatable bonds is 3. The summed E-state index contributed by atoms with van der Waals surface area (Å²) >= 11 is 0. The second-order valence-corrected chi connectivity index (χ2v) is 6.68. The van der Waals surface area contributed by atoms with E-state index in [1.165, 1.54) is 6.42 Å². The third-order valence-corrected chi connectivity index (χ3v) is 5.24. The summed E-state index contributed by atoms with van der Waals surface area (Å²) in [6.07, 6.45) is 4.59. The monoisotopic (exact) mass is 313 g/mol. The first-order chi connectivity index (χ1) is 11.2. The van der Waals surface area contributed by atoms with E-state index in [0.29, 0.717) is 12.1 Å². The smallest absolute Gasteiger partial charge is 0.219 e. The molecule has 1 aromatic carbocycles. The van der Waals surface area contributed by atoms with Crippen molar-refractivity contribution in [3.63, 3.8) is 0 Å². The van der Waals surface area contributed by atoms with Gasteiger partial charge in [-0.15, -0.1) is 0 Å². The van der Waals surface area contributed by atoms with Crippen LogP contribution in [0.25, 0.3) is 11.1 Å². The maximum atomic E-state index is 11.9. The minimum absolute atomic E-state index is 0.209. The maximum absolute atomic E-state index is 11.9. The van der Waals surface area contributed by atoms with Gasteiger partial charge in [0.1, 0.15) is 5.52 Å². The highest BCUT2D eigenvalue weighted by atomic mass is 16.3. The van der Waals surface area contributed by atoms with Crippen LogP contribution in [0.4, 0.5) is 0 Å². The lowest BCUT2D eigenvalue weighted by Gasteiger charge is -2.34. The van der Waals surface area contributed by atoms with E-state index in [4.69, 9.17) is 4.42 Å². The third kappa shape index (κ3) is 2.74. The summed E-state index contributed by atoms with van der Waals surface area (Å²) in [6, 6.07) is 8.70. The molecule has 2 atom stereocenters. The lowest BCUT2D eigenvalue weighted by Crippen LogP contribution is -2.47. The Morgan fingerprint density at radius 3 is 2.83 bits per heavy atom. The summed E-state index contributed by atoms with van der Waals surface area (Å²) in [7, 11) is 0. The predicted molar refractivity (Wildman–Crippen MR) is 87.9 cm³/mol. The molecule has 23 heavy (non-hydrogen) atoms. The Labute approximate surface area is 136 Å². The van der Waals surface area contributed by atoms with Crippen LogP contribution < -0.4 is 0 Å².